The summed E-state index contributed by atoms with van der Waals surface area (Å²) in [6, 6.07) is 0. The number of nitrogens with zero attached hydrogens (tertiary/aromatic N) is 1. The average Bonchev–Trinajstić information content (AvgIpc) is 2.53. The van der Waals surface area contributed by atoms with Gasteiger partial charge in [-0.3, -0.25) is 0 Å². The maximum atomic E-state index is 11.9. The highest BCUT2D eigenvalue weighted by molar-refractivity contribution is 5.93. The minimum atomic E-state index is -0.486. The SMILES string of the molecule is C#CC(C)(C)c1c(C(=O)OC)c(C)n(C)c1C. The van der Waals surface area contributed by atoms with Crippen molar-refractivity contribution in [2.45, 2.75) is 33.1 Å². The van der Waals surface area contributed by atoms with Crippen LogP contribution in [0, 0.1) is 26.2 Å². The predicted molar refractivity (Wildman–Crippen MR) is 68.1 cm³/mol. The zero-order chi connectivity index (χ0) is 13.4. The number of esters is 1. The van der Waals surface area contributed by atoms with E-state index in [4.69, 9.17) is 11.2 Å². The summed E-state index contributed by atoms with van der Waals surface area (Å²) in [5.74, 6) is 2.41. The van der Waals surface area contributed by atoms with Crippen LogP contribution in [0.4, 0.5) is 0 Å². The molecule has 1 rings (SSSR count). The van der Waals surface area contributed by atoms with Gasteiger partial charge in [-0.15, -0.1) is 6.42 Å². The molecule has 3 nitrogen and oxygen atoms in total. The molecule has 0 radical (unpaired) electrons. The van der Waals surface area contributed by atoms with Crippen molar-refractivity contribution in [3.05, 3.63) is 22.5 Å². The molecule has 0 aromatic carbocycles. The first kappa shape index (κ1) is 13.4. The van der Waals surface area contributed by atoms with Gasteiger partial charge < -0.3 is 9.30 Å². The van der Waals surface area contributed by atoms with Gasteiger partial charge in [0.25, 0.3) is 0 Å². The van der Waals surface area contributed by atoms with Crippen molar-refractivity contribution >= 4 is 5.97 Å². The van der Waals surface area contributed by atoms with Crippen LogP contribution in [0.25, 0.3) is 0 Å². The summed E-state index contributed by atoms with van der Waals surface area (Å²) in [4.78, 5) is 11.9. The Morgan fingerprint density at radius 1 is 1.35 bits per heavy atom. The van der Waals surface area contributed by atoms with Crippen LogP contribution in [0.3, 0.4) is 0 Å². The van der Waals surface area contributed by atoms with Gasteiger partial charge in [0.1, 0.15) is 0 Å². The molecule has 0 aliphatic heterocycles. The molecule has 0 fully saturated rings. The molecule has 0 spiro atoms. The molecular formula is C14H19NO2. The van der Waals surface area contributed by atoms with Crippen LogP contribution in [0.1, 0.15) is 41.2 Å². The van der Waals surface area contributed by atoms with Crippen molar-refractivity contribution in [3.8, 4) is 12.3 Å². The van der Waals surface area contributed by atoms with E-state index in [1.165, 1.54) is 7.11 Å². The Balaban J connectivity index is 3.66. The van der Waals surface area contributed by atoms with Crippen molar-refractivity contribution in [1.29, 1.82) is 0 Å². The van der Waals surface area contributed by atoms with Crippen LogP contribution in [0.2, 0.25) is 0 Å². The Labute approximate surface area is 103 Å². The summed E-state index contributed by atoms with van der Waals surface area (Å²) in [7, 11) is 3.31. The topological polar surface area (TPSA) is 31.2 Å². The predicted octanol–water partition coefficient (Wildman–Crippen LogP) is 2.34. The Morgan fingerprint density at radius 3 is 2.29 bits per heavy atom. The lowest BCUT2D eigenvalue weighted by Crippen LogP contribution is -2.19. The van der Waals surface area contributed by atoms with Gasteiger partial charge in [-0.25, -0.2) is 4.79 Å². The highest BCUT2D eigenvalue weighted by Gasteiger charge is 2.31. The summed E-state index contributed by atoms with van der Waals surface area (Å²) in [5, 5.41) is 0. The van der Waals surface area contributed by atoms with Crippen molar-refractivity contribution in [2.24, 2.45) is 7.05 Å². The molecule has 0 aliphatic rings. The number of terminal acetylenes is 1. The van der Waals surface area contributed by atoms with E-state index < -0.39 is 5.41 Å². The van der Waals surface area contributed by atoms with Gasteiger partial charge in [0, 0.05) is 24.0 Å². The molecule has 0 unspecified atom stereocenters. The van der Waals surface area contributed by atoms with E-state index in [0.29, 0.717) is 5.56 Å². The minimum absolute atomic E-state index is 0.329. The normalized spacial score (nSPS) is 11.1. The number of aromatic nitrogens is 1. The molecule has 3 heteroatoms. The first-order valence-corrected chi connectivity index (χ1v) is 5.50. The number of hydrogen-bond donors (Lipinski definition) is 0. The van der Waals surface area contributed by atoms with Crippen molar-refractivity contribution in [1.82, 2.24) is 4.57 Å². The number of hydrogen-bond acceptors (Lipinski definition) is 2. The number of methoxy groups -OCH3 is 1. The first-order chi connectivity index (χ1) is 7.77. The fraction of sp³-hybridized carbons (Fsp3) is 0.500. The second kappa shape index (κ2) is 4.29. The third kappa shape index (κ3) is 1.95. The Kier molecular flexibility index (Phi) is 3.38. The standard InChI is InChI=1S/C14H19NO2/c1-8-14(4,5)12-10(3)15(6)9(2)11(12)13(16)17-7/h1H,2-7H3. The third-order valence-electron chi connectivity index (χ3n) is 3.36. The molecule has 0 atom stereocenters. The lowest BCUT2D eigenvalue weighted by atomic mass is 9.82. The van der Waals surface area contributed by atoms with Crippen molar-refractivity contribution < 1.29 is 9.53 Å². The highest BCUT2D eigenvalue weighted by atomic mass is 16.5. The van der Waals surface area contributed by atoms with Crippen molar-refractivity contribution in [3.63, 3.8) is 0 Å². The van der Waals surface area contributed by atoms with E-state index in [1.54, 1.807) is 0 Å². The molecule has 0 saturated heterocycles. The smallest absolute Gasteiger partial charge is 0.340 e. The molecule has 1 aromatic heterocycles. The monoisotopic (exact) mass is 233 g/mol. The van der Waals surface area contributed by atoms with Crippen molar-refractivity contribution in [2.75, 3.05) is 7.11 Å². The van der Waals surface area contributed by atoms with E-state index in [9.17, 15) is 4.79 Å². The number of rotatable bonds is 2. The van der Waals surface area contributed by atoms with Crippen LogP contribution < -0.4 is 0 Å². The van der Waals surface area contributed by atoms with Crippen LogP contribution in [-0.4, -0.2) is 17.6 Å². The van der Waals surface area contributed by atoms with Gasteiger partial charge >= 0.3 is 5.97 Å². The molecule has 1 aromatic rings. The van der Waals surface area contributed by atoms with E-state index in [1.807, 2.05) is 39.3 Å². The van der Waals surface area contributed by atoms with Gasteiger partial charge in [0.2, 0.25) is 0 Å². The highest BCUT2D eigenvalue weighted by Crippen LogP contribution is 2.33. The fourth-order valence-electron chi connectivity index (χ4n) is 2.14. The Hall–Kier alpha value is -1.69. The minimum Gasteiger partial charge on any atom is -0.465 e. The molecule has 1 heterocycles. The Morgan fingerprint density at radius 2 is 1.88 bits per heavy atom. The summed E-state index contributed by atoms with van der Waals surface area (Å²) >= 11 is 0. The van der Waals surface area contributed by atoms with E-state index >= 15 is 0 Å². The lowest BCUT2D eigenvalue weighted by Gasteiger charge is -2.19. The zero-order valence-corrected chi connectivity index (χ0v) is 11.3. The van der Waals surface area contributed by atoms with Crippen LogP contribution in [0.15, 0.2) is 0 Å². The second-order valence-electron chi connectivity index (χ2n) is 4.74. The molecule has 0 aliphatic carbocycles. The molecule has 0 bridgehead atoms. The van der Waals surface area contributed by atoms with Gasteiger partial charge in [-0.2, -0.15) is 0 Å². The summed E-state index contributed by atoms with van der Waals surface area (Å²) in [6.45, 7) is 7.73. The van der Waals surface area contributed by atoms with Gasteiger partial charge in [-0.05, 0) is 27.7 Å². The number of ether oxygens (including phenoxy) is 1. The van der Waals surface area contributed by atoms with E-state index in [2.05, 4.69) is 5.92 Å². The third-order valence-corrected chi connectivity index (χ3v) is 3.36. The largest absolute Gasteiger partial charge is 0.465 e. The van der Waals surface area contributed by atoms with Gasteiger partial charge in [-0.1, -0.05) is 5.92 Å². The second-order valence-corrected chi connectivity index (χ2v) is 4.74. The average molecular weight is 233 g/mol. The maximum Gasteiger partial charge on any atom is 0.340 e. The van der Waals surface area contributed by atoms with Crippen LogP contribution >= 0.6 is 0 Å². The molecule has 92 valence electrons. The Bertz CT molecular complexity index is 501. The number of carbonyl (C=O) groups is 1. The first-order valence-electron chi connectivity index (χ1n) is 5.50. The number of carbonyl (C=O) groups excluding carboxylic acids is 1. The van der Waals surface area contributed by atoms with Gasteiger partial charge in [0.15, 0.2) is 0 Å². The van der Waals surface area contributed by atoms with E-state index in [-0.39, 0.29) is 5.97 Å². The molecule has 0 amide bonds. The fourth-order valence-corrected chi connectivity index (χ4v) is 2.14. The molecule has 0 saturated carbocycles. The molecular weight excluding hydrogens is 214 g/mol. The van der Waals surface area contributed by atoms with Crippen LogP contribution in [0.5, 0.6) is 0 Å². The lowest BCUT2D eigenvalue weighted by molar-refractivity contribution is 0.0597. The molecule has 17 heavy (non-hydrogen) atoms. The van der Waals surface area contributed by atoms with Crippen LogP contribution in [-0.2, 0) is 17.2 Å². The summed E-state index contributed by atoms with van der Waals surface area (Å²) < 4.78 is 6.82. The summed E-state index contributed by atoms with van der Waals surface area (Å²) in [5.41, 5.74) is 2.88. The van der Waals surface area contributed by atoms with E-state index in [0.717, 1.165) is 17.0 Å². The summed E-state index contributed by atoms with van der Waals surface area (Å²) in [6.07, 6.45) is 5.57. The zero-order valence-electron chi connectivity index (χ0n) is 11.3. The quantitative estimate of drug-likeness (QED) is 0.580. The molecule has 0 N–H and O–H groups in total. The van der Waals surface area contributed by atoms with Gasteiger partial charge in [0.05, 0.1) is 18.1 Å². The maximum absolute atomic E-state index is 11.9.